The molecular formula is C28H26O5. The van der Waals surface area contributed by atoms with Crippen LogP contribution in [0.5, 0.6) is 17.2 Å². The highest BCUT2D eigenvalue weighted by Gasteiger charge is 2.30. The molecule has 4 rings (SSSR count). The van der Waals surface area contributed by atoms with Crippen molar-refractivity contribution in [3.8, 4) is 17.2 Å². The summed E-state index contributed by atoms with van der Waals surface area (Å²) in [6.07, 6.45) is 1.66. The third-order valence-corrected chi connectivity index (χ3v) is 5.57. The van der Waals surface area contributed by atoms with Crippen LogP contribution in [0.2, 0.25) is 0 Å². The highest BCUT2D eigenvalue weighted by molar-refractivity contribution is 6.15. The fraction of sp³-hybridized carbons (Fsp3) is 0.214. The first-order valence-electron chi connectivity index (χ1n) is 10.7. The van der Waals surface area contributed by atoms with E-state index in [1.54, 1.807) is 44.4 Å². The van der Waals surface area contributed by atoms with E-state index in [-0.39, 0.29) is 17.0 Å². The van der Waals surface area contributed by atoms with Crippen molar-refractivity contribution in [2.45, 2.75) is 33.1 Å². The number of esters is 1. The molecule has 0 aliphatic carbocycles. The van der Waals surface area contributed by atoms with Crippen molar-refractivity contribution in [2.24, 2.45) is 0 Å². The molecule has 33 heavy (non-hydrogen) atoms. The molecule has 1 aliphatic heterocycles. The summed E-state index contributed by atoms with van der Waals surface area (Å²) in [4.78, 5) is 25.6. The molecule has 0 unspecified atom stereocenters. The summed E-state index contributed by atoms with van der Waals surface area (Å²) in [5.41, 5.74) is 3.46. The van der Waals surface area contributed by atoms with Crippen LogP contribution in [0.15, 0.2) is 66.4 Å². The zero-order valence-electron chi connectivity index (χ0n) is 19.4. The minimum atomic E-state index is -0.469. The Bertz CT molecular complexity index is 1260. The predicted octanol–water partition coefficient (Wildman–Crippen LogP) is 6.14. The second-order valence-electron chi connectivity index (χ2n) is 9.01. The zero-order chi connectivity index (χ0) is 23.8. The third kappa shape index (κ3) is 4.53. The highest BCUT2D eigenvalue weighted by atomic mass is 16.5. The molecule has 5 heteroatoms. The molecule has 0 atom stereocenters. The lowest BCUT2D eigenvalue weighted by molar-refractivity contribution is 0.0734. The molecule has 3 aromatic carbocycles. The number of aryl methyl sites for hydroxylation is 1. The lowest BCUT2D eigenvalue weighted by Crippen LogP contribution is -2.13. The van der Waals surface area contributed by atoms with Gasteiger partial charge in [-0.05, 0) is 53.8 Å². The SMILES string of the molecule is COc1ccccc1/C=C1\Oc2cc(OC(=O)c3ccc(C(C)(C)C)cc3)cc(C)c2C1=O. The summed E-state index contributed by atoms with van der Waals surface area (Å²) in [7, 11) is 1.57. The first-order valence-corrected chi connectivity index (χ1v) is 10.7. The van der Waals surface area contributed by atoms with E-state index in [2.05, 4.69) is 20.8 Å². The standard InChI is InChI=1S/C28H26O5/c1-17-14-21(32-27(30)18-10-12-20(13-11-18)28(2,3)4)16-23-25(17)26(29)24(33-23)15-19-8-6-7-9-22(19)31-5/h6-16H,1-5H3/b24-15-. The van der Waals surface area contributed by atoms with Gasteiger partial charge in [0.15, 0.2) is 5.76 Å². The van der Waals surface area contributed by atoms with Gasteiger partial charge in [-0.3, -0.25) is 4.79 Å². The van der Waals surface area contributed by atoms with Crippen LogP contribution in [0.25, 0.3) is 6.08 Å². The number of Topliss-reactive ketones (excluding diaryl/α,β-unsaturated/α-hetero) is 1. The van der Waals surface area contributed by atoms with Gasteiger partial charge in [0.05, 0.1) is 18.2 Å². The van der Waals surface area contributed by atoms with E-state index >= 15 is 0 Å². The molecule has 0 saturated carbocycles. The molecule has 0 saturated heterocycles. The maximum absolute atomic E-state index is 12.9. The monoisotopic (exact) mass is 442 g/mol. The maximum Gasteiger partial charge on any atom is 0.343 e. The van der Waals surface area contributed by atoms with Gasteiger partial charge in [-0.2, -0.15) is 0 Å². The van der Waals surface area contributed by atoms with E-state index in [1.807, 2.05) is 36.4 Å². The number of ether oxygens (including phenoxy) is 3. The number of fused-ring (bicyclic) bond motifs is 1. The Kier molecular flexibility index (Phi) is 5.81. The Morgan fingerprint density at radius 3 is 2.36 bits per heavy atom. The number of hydrogen-bond acceptors (Lipinski definition) is 5. The Hall–Kier alpha value is -3.86. The number of benzene rings is 3. The lowest BCUT2D eigenvalue weighted by Gasteiger charge is -2.18. The van der Waals surface area contributed by atoms with E-state index in [0.717, 1.165) is 11.1 Å². The summed E-state index contributed by atoms with van der Waals surface area (Å²) in [6, 6.07) is 18.0. The molecule has 0 spiro atoms. The largest absolute Gasteiger partial charge is 0.496 e. The Morgan fingerprint density at radius 1 is 1.00 bits per heavy atom. The van der Waals surface area contributed by atoms with Crippen molar-refractivity contribution in [3.05, 3.63) is 94.2 Å². The van der Waals surface area contributed by atoms with Gasteiger partial charge in [-0.25, -0.2) is 4.79 Å². The molecule has 168 valence electrons. The molecule has 0 aromatic heterocycles. The number of rotatable bonds is 4. The summed E-state index contributed by atoms with van der Waals surface area (Å²) >= 11 is 0. The fourth-order valence-corrected chi connectivity index (χ4v) is 3.74. The van der Waals surface area contributed by atoms with Crippen molar-refractivity contribution in [2.75, 3.05) is 7.11 Å². The first kappa shape index (κ1) is 22.3. The average molecular weight is 443 g/mol. The van der Waals surface area contributed by atoms with Crippen LogP contribution < -0.4 is 14.2 Å². The van der Waals surface area contributed by atoms with Crippen LogP contribution >= 0.6 is 0 Å². The Labute approximate surface area is 193 Å². The van der Waals surface area contributed by atoms with Gasteiger partial charge in [-0.1, -0.05) is 51.1 Å². The normalized spacial score (nSPS) is 14.1. The predicted molar refractivity (Wildman–Crippen MR) is 127 cm³/mol. The number of hydrogen-bond donors (Lipinski definition) is 0. The van der Waals surface area contributed by atoms with Crippen LogP contribution in [0.4, 0.5) is 0 Å². The van der Waals surface area contributed by atoms with Crippen LogP contribution in [0.1, 0.15) is 58.2 Å². The molecule has 0 fully saturated rings. The van der Waals surface area contributed by atoms with Gasteiger partial charge in [-0.15, -0.1) is 0 Å². The smallest absolute Gasteiger partial charge is 0.343 e. The van der Waals surface area contributed by atoms with Crippen molar-refractivity contribution in [1.82, 2.24) is 0 Å². The highest BCUT2D eigenvalue weighted by Crippen LogP contribution is 2.38. The van der Waals surface area contributed by atoms with Gasteiger partial charge in [0.2, 0.25) is 5.78 Å². The summed E-state index contributed by atoms with van der Waals surface area (Å²) in [6.45, 7) is 8.14. The van der Waals surface area contributed by atoms with Gasteiger partial charge in [0.1, 0.15) is 17.2 Å². The van der Waals surface area contributed by atoms with Crippen molar-refractivity contribution in [1.29, 1.82) is 0 Å². The minimum absolute atomic E-state index is 0.00159. The molecule has 0 radical (unpaired) electrons. The van der Waals surface area contributed by atoms with Gasteiger partial charge in [0, 0.05) is 11.6 Å². The second kappa shape index (κ2) is 8.58. The quantitative estimate of drug-likeness (QED) is 0.276. The van der Waals surface area contributed by atoms with Gasteiger partial charge < -0.3 is 14.2 Å². The van der Waals surface area contributed by atoms with E-state index in [9.17, 15) is 9.59 Å². The molecular weight excluding hydrogens is 416 g/mol. The maximum atomic E-state index is 12.9. The summed E-state index contributed by atoms with van der Waals surface area (Å²) in [5.74, 6) is 0.836. The van der Waals surface area contributed by atoms with E-state index in [1.165, 1.54) is 0 Å². The molecule has 0 amide bonds. The van der Waals surface area contributed by atoms with Crippen molar-refractivity contribution < 1.29 is 23.8 Å². The van der Waals surface area contributed by atoms with E-state index in [0.29, 0.717) is 33.9 Å². The zero-order valence-corrected chi connectivity index (χ0v) is 19.4. The average Bonchev–Trinajstić information content (AvgIpc) is 3.09. The van der Waals surface area contributed by atoms with Crippen LogP contribution in [0, 0.1) is 6.92 Å². The number of carbonyl (C=O) groups excluding carboxylic acids is 2. The fourth-order valence-electron chi connectivity index (χ4n) is 3.74. The van der Waals surface area contributed by atoms with E-state index in [4.69, 9.17) is 14.2 Å². The number of para-hydroxylation sites is 1. The Balaban J connectivity index is 1.57. The van der Waals surface area contributed by atoms with Crippen LogP contribution in [-0.4, -0.2) is 18.9 Å². The molecule has 1 aliphatic rings. The number of carbonyl (C=O) groups is 2. The lowest BCUT2D eigenvalue weighted by atomic mass is 9.87. The molecule has 1 heterocycles. The first-order chi connectivity index (χ1) is 15.7. The summed E-state index contributed by atoms with van der Waals surface area (Å²) < 4.78 is 16.8. The number of allylic oxidation sites excluding steroid dienone is 1. The van der Waals surface area contributed by atoms with Crippen LogP contribution in [-0.2, 0) is 5.41 Å². The summed E-state index contributed by atoms with van der Waals surface area (Å²) in [5, 5.41) is 0. The van der Waals surface area contributed by atoms with Crippen molar-refractivity contribution in [3.63, 3.8) is 0 Å². The van der Waals surface area contributed by atoms with E-state index < -0.39 is 5.97 Å². The van der Waals surface area contributed by atoms with Crippen LogP contribution in [0.3, 0.4) is 0 Å². The topological polar surface area (TPSA) is 61.8 Å². The number of methoxy groups -OCH3 is 1. The third-order valence-electron chi connectivity index (χ3n) is 5.57. The molecule has 0 N–H and O–H groups in total. The number of ketones is 1. The van der Waals surface area contributed by atoms with Gasteiger partial charge >= 0.3 is 5.97 Å². The van der Waals surface area contributed by atoms with Gasteiger partial charge in [0.25, 0.3) is 0 Å². The minimum Gasteiger partial charge on any atom is -0.496 e. The molecule has 5 nitrogen and oxygen atoms in total. The van der Waals surface area contributed by atoms with Crippen molar-refractivity contribution >= 4 is 17.8 Å². The molecule has 0 bridgehead atoms. The Morgan fingerprint density at radius 2 is 1.70 bits per heavy atom. The molecule has 3 aromatic rings. The second-order valence-corrected chi connectivity index (χ2v) is 9.01.